The quantitative estimate of drug-likeness (QED) is 0.423. The standard InChI is InChI=1S/C14H20N4O3/c15-17-13-11(6-3-7-12(13)18(20)21)14(19)16-9-8-10-4-1-2-5-10/h3,6-7,10,17H,1-2,4-5,8-9,15H2,(H,16,19). The van der Waals surface area contributed by atoms with Crippen molar-refractivity contribution in [1.29, 1.82) is 0 Å². The molecule has 0 saturated heterocycles. The lowest BCUT2D eigenvalue weighted by Gasteiger charge is -2.12. The van der Waals surface area contributed by atoms with Crippen molar-refractivity contribution in [2.75, 3.05) is 12.0 Å². The zero-order valence-electron chi connectivity index (χ0n) is 11.8. The molecule has 0 atom stereocenters. The molecule has 2 rings (SSSR count). The Labute approximate surface area is 123 Å². The van der Waals surface area contributed by atoms with E-state index in [0.29, 0.717) is 12.5 Å². The molecule has 1 aromatic rings. The molecule has 114 valence electrons. The molecule has 0 bridgehead atoms. The topological polar surface area (TPSA) is 110 Å². The van der Waals surface area contributed by atoms with Gasteiger partial charge in [-0.3, -0.25) is 20.8 Å². The lowest BCUT2D eigenvalue weighted by Crippen LogP contribution is -2.27. The maximum Gasteiger partial charge on any atom is 0.294 e. The SMILES string of the molecule is NNc1c(C(=O)NCCC2CCCC2)cccc1[N+](=O)[O-]. The number of nitrogens with zero attached hydrogens (tertiary/aromatic N) is 1. The van der Waals surface area contributed by atoms with E-state index in [2.05, 4.69) is 10.7 Å². The van der Waals surface area contributed by atoms with Crippen LogP contribution in [0.2, 0.25) is 0 Å². The van der Waals surface area contributed by atoms with Crippen molar-refractivity contribution in [3.05, 3.63) is 33.9 Å². The summed E-state index contributed by atoms with van der Waals surface area (Å²) >= 11 is 0. The third-order valence-corrected chi connectivity index (χ3v) is 3.94. The van der Waals surface area contributed by atoms with E-state index in [4.69, 9.17) is 5.84 Å². The molecular formula is C14H20N4O3. The highest BCUT2D eigenvalue weighted by molar-refractivity contribution is 6.01. The Hall–Kier alpha value is -2.15. The number of rotatable bonds is 6. The molecule has 1 aliphatic carbocycles. The molecule has 0 aliphatic heterocycles. The van der Waals surface area contributed by atoms with Gasteiger partial charge < -0.3 is 10.7 Å². The van der Waals surface area contributed by atoms with Gasteiger partial charge in [-0.1, -0.05) is 31.7 Å². The molecule has 0 unspecified atom stereocenters. The van der Waals surface area contributed by atoms with Crippen LogP contribution >= 0.6 is 0 Å². The monoisotopic (exact) mass is 292 g/mol. The Morgan fingerprint density at radius 2 is 2.10 bits per heavy atom. The fourth-order valence-corrected chi connectivity index (χ4v) is 2.82. The molecular weight excluding hydrogens is 272 g/mol. The van der Waals surface area contributed by atoms with Gasteiger partial charge in [0, 0.05) is 12.6 Å². The predicted molar refractivity (Wildman–Crippen MR) is 79.8 cm³/mol. The molecule has 1 amide bonds. The zero-order valence-corrected chi connectivity index (χ0v) is 11.8. The summed E-state index contributed by atoms with van der Waals surface area (Å²) in [5, 5.41) is 13.7. The average molecular weight is 292 g/mol. The molecule has 1 saturated carbocycles. The van der Waals surface area contributed by atoms with Crippen LogP contribution in [0, 0.1) is 16.0 Å². The molecule has 21 heavy (non-hydrogen) atoms. The molecule has 0 radical (unpaired) electrons. The number of nitrogens with one attached hydrogen (secondary N) is 2. The van der Waals surface area contributed by atoms with Crippen molar-refractivity contribution < 1.29 is 9.72 Å². The largest absolute Gasteiger partial charge is 0.352 e. The first kappa shape index (κ1) is 15.2. The number of carbonyl (C=O) groups is 1. The number of nitrogen functional groups attached to an aromatic ring is 1. The average Bonchev–Trinajstić information content (AvgIpc) is 2.99. The van der Waals surface area contributed by atoms with Crippen LogP contribution in [-0.4, -0.2) is 17.4 Å². The molecule has 7 heteroatoms. The van der Waals surface area contributed by atoms with Crippen molar-refractivity contribution in [2.45, 2.75) is 32.1 Å². The van der Waals surface area contributed by atoms with Crippen LogP contribution in [0.25, 0.3) is 0 Å². The highest BCUT2D eigenvalue weighted by Crippen LogP contribution is 2.28. The van der Waals surface area contributed by atoms with E-state index in [-0.39, 0.29) is 22.8 Å². The number of anilines is 1. The second-order valence-electron chi connectivity index (χ2n) is 5.30. The van der Waals surface area contributed by atoms with Crippen molar-refractivity contribution >= 4 is 17.3 Å². The first-order chi connectivity index (χ1) is 10.1. The van der Waals surface area contributed by atoms with Crippen LogP contribution in [0.1, 0.15) is 42.5 Å². The smallest absolute Gasteiger partial charge is 0.294 e. The lowest BCUT2D eigenvalue weighted by molar-refractivity contribution is -0.384. The van der Waals surface area contributed by atoms with E-state index in [9.17, 15) is 14.9 Å². The number of nitrogens with two attached hydrogens (primary N) is 1. The molecule has 1 fully saturated rings. The Morgan fingerprint density at radius 3 is 2.71 bits per heavy atom. The molecule has 1 aliphatic rings. The third-order valence-electron chi connectivity index (χ3n) is 3.94. The molecule has 1 aromatic carbocycles. The molecule has 0 aromatic heterocycles. The second kappa shape index (κ2) is 7.03. The Balaban J connectivity index is 2.01. The van der Waals surface area contributed by atoms with Crippen LogP contribution in [-0.2, 0) is 0 Å². The van der Waals surface area contributed by atoms with Crippen molar-refractivity contribution in [3.63, 3.8) is 0 Å². The Bertz CT molecular complexity index is 527. The minimum Gasteiger partial charge on any atom is -0.352 e. The van der Waals surface area contributed by atoms with Gasteiger partial charge in [-0.25, -0.2) is 0 Å². The summed E-state index contributed by atoms with van der Waals surface area (Å²) in [5.41, 5.74) is 2.28. The van der Waals surface area contributed by atoms with Crippen LogP contribution in [0.5, 0.6) is 0 Å². The van der Waals surface area contributed by atoms with Gasteiger partial charge >= 0.3 is 0 Å². The number of para-hydroxylation sites is 1. The van der Waals surface area contributed by atoms with E-state index >= 15 is 0 Å². The minimum atomic E-state index is -0.565. The number of hydrogen-bond donors (Lipinski definition) is 3. The summed E-state index contributed by atoms with van der Waals surface area (Å²) in [7, 11) is 0. The van der Waals surface area contributed by atoms with Crippen LogP contribution in [0.4, 0.5) is 11.4 Å². The maximum atomic E-state index is 12.1. The van der Waals surface area contributed by atoms with E-state index in [1.165, 1.54) is 43.9 Å². The Morgan fingerprint density at radius 1 is 1.38 bits per heavy atom. The normalized spacial score (nSPS) is 14.9. The van der Waals surface area contributed by atoms with Gasteiger partial charge in [-0.15, -0.1) is 0 Å². The first-order valence-corrected chi connectivity index (χ1v) is 7.15. The van der Waals surface area contributed by atoms with Gasteiger partial charge in [0.15, 0.2) is 0 Å². The summed E-state index contributed by atoms with van der Waals surface area (Å²) in [6, 6.07) is 4.31. The highest BCUT2D eigenvalue weighted by atomic mass is 16.6. The lowest BCUT2D eigenvalue weighted by atomic mass is 10.0. The number of benzene rings is 1. The minimum absolute atomic E-state index is 0.0425. The maximum absolute atomic E-state index is 12.1. The first-order valence-electron chi connectivity index (χ1n) is 7.15. The van der Waals surface area contributed by atoms with Gasteiger partial charge in [-0.05, 0) is 18.4 Å². The van der Waals surface area contributed by atoms with E-state index in [0.717, 1.165) is 6.42 Å². The van der Waals surface area contributed by atoms with Crippen LogP contribution in [0.3, 0.4) is 0 Å². The van der Waals surface area contributed by atoms with Gasteiger partial charge in [0.2, 0.25) is 0 Å². The molecule has 0 spiro atoms. The predicted octanol–water partition coefficient (Wildman–Crippen LogP) is 2.19. The summed E-state index contributed by atoms with van der Waals surface area (Å²) in [6.07, 6.45) is 5.94. The fourth-order valence-electron chi connectivity index (χ4n) is 2.82. The van der Waals surface area contributed by atoms with Gasteiger partial charge in [-0.2, -0.15) is 0 Å². The van der Waals surface area contributed by atoms with Gasteiger partial charge in [0.25, 0.3) is 11.6 Å². The number of nitro groups is 1. The summed E-state index contributed by atoms with van der Waals surface area (Å²) < 4.78 is 0. The Kier molecular flexibility index (Phi) is 5.10. The zero-order chi connectivity index (χ0) is 15.2. The third kappa shape index (κ3) is 3.69. The molecule has 4 N–H and O–H groups in total. The van der Waals surface area contributed by atoms with E-state index < -0.39 is 4.92 Å². The van der Waals surface area contributed by atoms with Gasteiger partial charge in [0.1, 0.15) is 5.69 Å². The van der Waals surface area contributed by atoms with Crippen LogP contribution < -0.4 is 16.6 Å². The fraction of sp³-hybridized carbons (Fsp3) is 0.500. The van der Waals surface area contributed by atoms with Crippen molar-refractivity contribution in [1.82, 2.24) is 5.32 Å². The molecule has 0 heterocycles. The van der Waals surface area contributed by atoms with Gasteiger partial charge in [0.05, 0.1) is 10.5 Å². The second-order valence-corrected chi connectivity index (χ2v) is 5.30. The van der Waals surface area contributed by atoms with Crippen LogP contribution in [0.15, 0.2) is 18.2 Å². The van der Waals surface area contributed by atoms with E-state index in [1.807, 2.05) is 0 Å². The number of hydrogen-bond acceptors (Lipinski definition) is 5. The summed E-state index contributed by atoms with van der Waals surface area (Å²) in [6.45, 7) is 0.580. The van der Waals surface area contributed by atoms with Crippen molar-refractivity contribution in [2.24, 2.45) is 11.8 Å². The molecule has 7 nitrogen and oxygen atoms in total. The van der Waals surface area contributed by atoms with E-state index in [1.54, 1.807) is 0 Å². The number of carbonyl (C=O) groups excluding carboxylic acids is 1. The number of nitro benzene ring substituents is 1. The van der Waals surface area contributed by atoms with Crippen molar-refractivity contribution in [3.8, 4) is 0 Å². The highest BCUT2D eigenvalue weighted by Gasteiger charge is 2.21. The number of hydrazine groups is 1. The summed E-state index contributed by atoms with van der Waals surface area (Å²) in [4.78, 5) is 22.5. The number of amides is 1. The summed E-state index contributed by atoms with van der Waals surface area (Å²) in [5.74, 6) is 5.66.